The SMILES string of the molecule is CC(C)C(=O)C1CCCCC1.CCCCNC(=O)CCCC(=O)NC. The average Bonchev–Trinajstić information content (AvgIpc) is 2.62. The summed E-state index contributed by atoms with van der Waals surface area (Å²) in [5.74, 6) is 1.18. The van der Waals surface area contributed by atoms with E-state index in [0.29, 0.717) is 31.0 Å². The molecule has 1 aliphatic carbocycles. The fraction of sp³-hybridized carbons (Fsp3) is 0.850. The number of amides is 2. The Balaban J connectivity index is 0.000000472. The Bertz CT molecular complexity index is 388. The van der Waals surface area contributed by atoms with Crippen molar-refractivity contribution in [2.75, 3.05) is 13.6 Å². The molecule has 0 saturated heterocycles. The number of ketones is 1. The van der Waals surface area contributed by atoms with Crippen LogP contribution in [0.2, 0.25) is 0 Å². The molecule has 0 unspecified atom stereocenters. The second-order valence-electron chi connectivity index (χ2n) is 7.12. The summed E-state index contributed by atoms with van der Waals surface area (Å²) >= 11 is 0. The average molecular weight is 355 g/mol. The second-order valence-corrected chi connectivity index (χ2v) is 7.12. The highest BCUT2D eigenvalue weighted by molar-refractivity contribution is 5.82. The molecular formula is C20H38N2O3. The predicted molar refractivity (Wildman–Crippen MR) is 102 cm³/mol. The number of nitrogens with one attached hydrogen (secondary N) is 2. The molecule has 1 saturated carbocycles. The molecule has 0 atom stereocenters. The van der Waals surface area contributed by atoms with Crippen LogP contribution in [0.1, 0.15) is 85.0 Å². The van der Waals surface area contributed by atoms with Crippen LogP contribution in [-0.4, -0.2) is 31.2 Å². The van der Waals surface area contributed by atoms with Crippen molar-refractivity contribution in [2.45, 2.75) is 85.0 Å². The summed E-state index contributed by atoms with van der Waals surface area (Å²) in [5, 5.41) is 5.33. The summed E-state index contributed by atoms with van der Waals surface area (Å²) in [5.41, 5.74) is 0. The minimum absolute atomic E-state index is 0.00800. The van der Waals surface area contributed by atoms with E-state index in [4.69, 9.17) is 0 Å². The molecule has 0 radical (unpaired) electrons. The van der Waals surface area contributed by atoms with Gasteiger partial charge in [-0.1, -0.05) is 46.5 Å². The van der Waals surface area contributed by atoms with E-state index in [1.165, 1.54) is 19.3 Å². The first-order valence-corrected chi connectivity index (χ1v) is 9.93. The van der Waals surface area contributed by atoms with Gasteiger partial charge in [0.15, 0.2) is 0 Å². The third-order valence-electron chi connectivity index (χ3n) is 4.52. The smallest absolute Gasteiger partial charge is 0.220 e. The van der Waals surface area contributed by atoms with Gasteiger partial charge in [-0.2, -0.15) is 0 Å². The first kappa shape index (κ1) is 23.6. The number of rotatable bonds is 9. The standard InChI is InChI=1S/C10H20N2O2.C10H18O/c1-3-4-8-12-10(14)7-5-6-9(13)11-2;1-8(2)10(11)9-6-4-3-5-7-9/h3-8H2,1-2H3,(H,11,13)(H,12,14);8-9H,3-7H2,1-2H3. The number of carbonyl (C=O) groups is 3. The maximum absolute atomic E-state index is 11.5. The van der Waals surface area contributed by atoms with Crippen molar-refractivity contribution in [2.24, 2.45) is 11.8 Å². The second kappa shape index (κ2) is 14.9. The van der Waals surface area contributed by atoms with Gasteiger partial charge in [0, 0.05) is 38.3 Å². The molecule has 0 bridgehead atoms. The molecule has 1 aliphatic rings. The van der Waals surface area contributed by atoms with Crippen molar-refractivity contribution < 1.29 is 14.4 Å². The van der Waals surface area contributed by atoms with E-state index >= 15 is 0 Å². The molecule has 0 aliphatic heterocycles. The number of Topliss-reactive ketones (excluding diaryl/α,β-unsaturated/α-hetero) is 1. The van der Waals surface area contributed by atoms with Crippen molar-refractivity contribution in [3.8, 4) is 0 Å². The normalized spacial score (nSPS) is 14.4. The van der Waals surface area contributed by atoms with Crippen LogP contribution in [-0.2, 0) is 14.4 Å². The summed E-state index contributed by atoms with van der Waals surface area (Å²) < 4.78 is 0. The lowest BCUT2D eigenvalue weighted by Crippen LogP contribution is -2.24. The van der Waals surface area contributed by atoms with Gasteiger partial charge < -0.3 is 10.6 Å². The van der Waals surface area contributed by atoms with E-state index in [1.54, 1.807) is 7.05 Å². The molecule has 1 rings (SSSR count). The summed E-state index contributed by atoms with van der Waals surface area (Å²) in [6.07, 6.45) is 9.76. The zero-order chi connectivity index (χ0) is 19.1. The van der Waals surface area contributed by atoms with Crippen LogP contribution >= 0.6 is 0 Å². The highest BCUT2D eigenvalue weighted by Crippen LogP contribution is 2.26. The zero-order valence-electron chi connectivity index (χ0n) is 16.7. The molecule has 5 heteroatoms. The third-order valence-corrected chi connectivity index (χ3v) is 4.52. The van der Waals surface area contributed by atoms with Crippen LogP contribution in [0.25, 0.3) is 0 Å². The lowest BCUT2D eigenvalue weighted by Gasteiger charge is -2.21. The monoisotopic (exact) mass is 354 g/mol. The largest absolute Gasteiger partial charge is 0.359 e. The first-order valence-electron chi connectivity index (χ1n) is 9.93. The van der Waals surface area contributed by atoms with Gasteiger partial charge in [0.1, 0.15) is 5.78 Å². The molecule has 146 valence electrons. The van der Waals surface area contributed by atoms with Crippen molar-refractivity contribution in [3.63, 3.8) is 0 Å². The molecule has 25 heavy (non-hydrogen) atoms. The molecule has 1 fully saturated rings. The fourth-order valence-electron chi connectivity index (χ4n) is 2.89. The number of carbonyl (C=O) groups excluding carboxylic acids is 3. The summed E-state index contributed by atoms with van der Waals surface area (Å²) in [6.45, 7) is 6.85. The lowest BCUT2D eigenvalue weighted by atomic mass is 9.83. The van der Waals surface area contributed by atoms with E-state index < -0.39 is 0 Å². The van der Waals surface area contributed by atoms with Crippen molar-refractivity contribution in [1.29, 1.82) is 0 Å². The highest BCUT2D eigenvalue weighted by Gasteiger charge is 2.22. The summed E-state index contributed by atoms with van der Waals surface area (Å²) in [4.78, 5) is 33.5. The van der Waals surface area contributed by atoms with Crippen LogP contribution in [0, 0.1) is 11.8 Å². The van der Waals surface area contributed by atoms with E-state index in [0.717, 1.165) is 32.2 Å². The maximum atomic E-state index is 11.5. The Morgan fingerprint density at radius 3 is 2.08 bits per heavy atom. The van der Waals surface area contributed by atoms with Crippen molar-refractivity contribution in [1.82, 2.24) is 10.6 Å². The van der Waals surface area contributed by atoms with Crippen LogP contribution < -0.4 is 10.6 Å². The molecule has 0 heterocycles. The third kappa shape index (κ3) is 12.6. The topological polar surface area (TPSA) is 75.3 Å². The highest BCUT2D eigenvalue weighted by atomic mass is 16.2. The van der Waals surface area contributed by atoms with Gasteiger partial charge in [0.25, 0.3) is 0 Å². The van der Waals surface area contributed by atoms with Gasteiger partial charge in [-0.3, -0.25) is 14.4 Å². The van der Waals surface area contributed by atoms with E-state index in [2.05, 4.69) is 17.6 Å². The van der Waals surface area contributed by atoms with Gasteiger partial charge in [-0.05, 0) is 25.7 Å². The van der Waals surface area contributed by atoms with Gasteiger partial charge in [-0.15, -0.1) is 0 Å². The summed E-state index contributed by atoms with van der Waals surface area (Å²) in [7, 11) is 1.60. The van der Waals surface area contributed by atoms with Crippen LogP contribution in [0.4, 0.5) is 0 Å². The Kier molecular flexibility index (Phi) is 14.1. The molecule has 0 aromatic carbocycles. The minimum Gasteiger partial charge on any atom is -0.359 e. The Morgan fingerprint density at radius 1 is 0.960 bits per heavy atom. The zero-order valence-corrected chi connectivity index (χ0v) is 16.7. The molecule has 5 nitrogen and oxygen atoms in total. The fourth-order valence-corrected chi connectivity index (χ4v) is 2.89. The first-order chi connectivity index (χ1) is 11.9. The summed E-state index contributed by atoms with van der Waals surface area (Å²) in [6, 6.07) is 0. The molecule has 0 spiro atoms. The van der Waals surface area contributed by atoms with Crippen molar-refractivity contribution in [3.05, 3.63) is 0 Å². The van der Waals surface area contributed by atoms with Crippen LogP contribution in [0.15, 0.2) is 0 Å². The molecule has 0 aromatic rings. The van der Waals surface area contributed by atoms with Gasteiger partial charge >= 0.3 is 0 Å². The Morgan fingerprint density at radius 2 is 1.56 bits per heavy atom. The Labute approximate surface area is 153 Å². The van der Waals surface area contributed by atoms with E-state index in [-0.39, 0.29) is 17.7 Å². The molecule has 0 aromatic heterocycles. The molecular weight excluding hydrogens is 316 g/mol. The van der Waals surface area contributed by atoms with Gasteiger partial charge in [0.2, 0.25) is 11.8 Å². The van der Waals surface area contributed by atoms with E-state index in [9.17, 15) is 14.4 Å². The number of unbranched alkanes of at least 4 members (excludes halogenated alkanes) is 1. The van der Waals surface area contributed by atoms with Crippen molar-refractivity contribution >= 4 is 17.6 Å². The van der Waals surface area contributed by atoms with Crippen LogP contribution in [0.5, 0.6) is 0 Å². The maximum Gasteiger partial charge on any atom is 0.220 e. The lowest BCUT2D eigenvalue weighted by molar-refractivity contribution is -0.127. The number of hydrogen-bond acceptors (Lipinski definition) is 3. The Hall–Kier alpha value is -1.39. The molecule has 2 N–H and O–H groups in total. The quantitative estimate of drug-likeness (QED) is 0.621. The minimum atomic E-state index is -0.00800. The van der Waals surface area contributed by atoms with E-state index in [1.807, 2.05) is 13.8 Å². The number of hydrogen-bond donors (Lipinski definition) is 2. The predicted octanol–water partition coefficient (Wildman–Crippen LogP) is 3.61. The molecule has 2 amide bonds. The van der Waals surface area contributed by atoms with Crippen LogP contribution in [0.3, 0.4) is 0 Å². The van der Waals surface area contributed by atoms with Gasteiger partial charge in [-0.25, -0.2) is 0 Å². The van der Waals surface area contributed by atoms with Gasteiger partial charge in [0.05, 0.1) is 0 Å².